The molecule has 25 heavy (non-hydrogen) atoms. The summed E-state index contributed by atoms with van der Waals surface area (Å²) in [5.41, 5.74) is 0.315. The number of amides is 1. The lowest BCUT2D eigenvalue weighted by molar-refractivity contribution is -0.142. The molecule has 1 aromatic heterocycles. The normalized spacial score (nSPS) is 20.2. The fraction of sp³-hybridized carbons (Fsp3) is 0.389. The zero-order valence-electron chi connectivity index (χ0n) is 13.9. The molecule has 7 heteroatoms. The van der Waals surface area contributed by atoms with Crippen molar-refractivity contribution in [3.8, 4) is 5.75 Å². The number of pyridine rings is 1. The Hall–Kier alpha value is -2.83. The Bertz CT molecular complexity index is 865. The van der Waals surface area contributed by atoms with E-state index in [4.69, 9.17) is 9.84 Å². The van der Waals surface area contributed by atoms with Crippen LogP contribution in [0.5, 0.6) is 5.75 Å². The number of rotatable bonds is 4. The topological polar surface area (TPSA) is 108 Å². The van der Waals surface area contributed by atoms with E-state index in [2.05, 4.69) is 10.3 Å². The number of aliphatic carboxylic acids is 1. The number of hydrogen-bond acceptors (Lipinski definition) is 4. The van der Waals surface area contributed by atoms with E-state index in [1.807, 2.05) is 0 Å². The molecule has 0 unspecified atom stereocenters. The minimum atomic E-state index is -0.787. The standard InChI is InChI=1S/C18H20N2O5/c1-25-12-6-7-15-13(8-12)16(21)14(9-19-15)17(22)20-11-4-2-10(3-5-11)18(23)24/h6-11H,2-5H2,1H3,(H,19,21)(H,20,22)(H,23,24). The molecule has 7 nitrogen and oxygen atoms in total. The highest BCUT2D eigenvalue weighted by molar-refractivity contribution is 5.97. The molecular weight excluding hydrogens is 324 g/mol. The Labute approximate surface area is 144 Å². The number of aromatic amines is 1. The number of hydrogen-bond donors (Lipinski definition) is 3. The van der Waals surface area contributed by atoms with Gasteiger partial charge in [0.2, 0.25) is 5.43 Å². The first-order valence-corrected chi connectivity index (χ1v) is 8.22. The zero-order chi connectivity index (χ0) is 18.0. The highest BCUT2D eigenvalue weighted by atomic mass is 16.5. The SMILES string of the molecule is COc1ccc2[nH]cc(C(=O)NC3CCC(C(=O)O)CC3)c(=O)c2c1. The van der Waals surface area contributed by atoms with Crippen LogP contribution in [0.1, 0.15) is 36.0 Å². The van der Waals surface area contributed by atoms with E-state index in [9.17, 15) is 14.4 Å². The second-order valence-electron chi connectivity index (χ2n) is 6.30. The summed E-state index contributed by atoms with van der Waals surface area (Å²) in [4.78, 5) is 39.0. The van der Waals surface area contributed by atoms with Crippen LogP contribution in [0.25, 0.3) is 10.9 Å². The van der Waals surface area contributed by atoms with Crippen LogP contribution in [0, 0.1) is 5.92 Å². The van der Waals surface area contributed by atoms with Crippen LogP contribution in [0.15, 0.2) is 29.2 Å². The van der Waals surface area contributed by atoms with Gasteiger partial charge >= 0.3 is 5.97 Å². The quantitative estimate of drug-likeness (QED) is 0.785. The molecule has 0 bridgehead atoms. The molecule has 0 aliphatic heterocycles. The number of H-pyrrole nitrogens is 1. The van der Waals surface area contributed by atoms with Crippen molar-refractivity contribution >= 4 is 22.8 Å². The molecule has 3 N–H and O–H groups in total. The summed E-state index contributed by atoms with van der Waals surface area (Å²) < 4.78 is 5.13. The molecule has 1 fully saturated rings. The molecule has 0 atom stereocenters. The van der Waals surface area contributed by atoms with Crippen LogP contribution < -0.4 is 15.5 Å². The van der Waals surface area contributed by atoms with E-state index in [1.165, 1.54) is 13.3 Å². The summed E-state index contributed by atoms with van der Waals surface area (Å²) in [6.07, 6.45) is 3.68. The maximum absolute atomic E-state index is 12.6. The summed E-state index contributed by atoms with van der Waals surface area (Å²) in [6.45, 7) is 0. The third kappa shape index (κ3) is 3.50. The summed E-state index contributed by atoms with van der Waals surface area (Å²) in [7, 11) is 1.51. The van der Waals surface area contributed by atoms with Gasteiger partial charge in [0.05, 0.1) is 13.0 Å². The van der Waals surface area contributed by atoms with Gasteiger partial charge in [-0.1, -0.05) is 0 Å². The molecule has 1 aromatic carbocycles. The van der Waals surface area contributed by atoms with Crippen molar-refractivity contribution in [3.63, 3.8) is 0 Å². The number of nitrogens with one attached hydrogen (secondary N) is 2. The van der Waals surface area contributed by atoms with Crippen LogP contribution in [0.3, 0.4) is 0 Å². The number of carbonyl (C=O) groups excluding carboxylic acids is 1. The van der Waals surface area contributed by atoms with Crippen molar-refractivity contribution in [2.75, 3.05) is 7.11 Å². The van der Waals surface area contributed by atoms with Crippen LogP contribution in [-0.2, 0) is 4.79 Å². The Kier molecular flexibility index (Phi) is 4.74. The van der Waals surface area contributed by atoms with E-state index < -0.39 is 11.9 Å². The van der Waals surface area contributed by atoms with Gasteiger partial charge in [-0.25, -0.2) is 0 Å². The highest BCUT2D eigenvalue weighted by Gasteiger charge is 2.27. The fourth-order valence-electron chi connectivity index (χ4n) is 3.24. The van der Waals surface area contributed by atoms with Gasteiger partial charge in [0, 0.05) is 23.1 Å². The molecule has 1 aliphatic carbocycles. The molecular formula is C18H20N2O5. The van der Waals surface area contributed by atoms with Crippen LogP contribution in [0.4, 0.5) is 0 Å². The van der Waals surface area contributed by atoms with Gasteiger partial charge in [-0.05, 0) is 43.9 Å². The minimum absolute atomic E-state index is 0.0427. The van der Waals surface area contributed by atoms with Gasteiger partial charge < -0.3 is 20.1 Å². The van der Waals surface area contributed by atoms with Crippen LogP contribution in [-0.4, -0.2) is 35.1 Å². The van der Waals surface area contributed by atoms with Gasteiger partial charge in [0.15, 0.2) is 0 Å². The van der Waals surface area contributed by atoms with Gasteiger partial charge in [0.25, 0.3) is 5.91 Å². The number of benzene rings is 1. The molecule has 0 saturated heterocycles. The Morgan fingerprint density at radius 3 is 2.60 bits per heavy atom. The van der Waals surface area contributed by atoms with Crippen molar-refractivity contribution in [1.82, 2.24) is 10.3 Å². The van der Waals surface area contributed by atoms with E-state index >= 15 is 0 Å². The molecule has 1 aliphatic rings. The van der Waals surface area contributed by atoms with Gasteiger partial charge in [-0.3, -0.25) is 14.4 Å². The average molecular weight is 344 g/mol. The van der Waals surface area contributed by atoms with E-state index in [0.29, 0.717) is 42.3 Å². The largest absolute Gasteiger partial charge is 0.497 e. The van der Waals surface area contributed by atoms with Gasteiger partial charge in [0.1, 0.15) is 11.3 Å². The summed E-state index contributed by atoms with van der Waals surface area (Å²) >= 11 is 0. The lowest BCUT2D eigenvalue weighted by Gasteiger charge is -2.26. The Balaban J connectivity index is 1.77. The predicted octanol–water partition coefficient (Wildman–Crippen LogP) is 1.91. The zero-order valence-corrected chi connectivity index (χ0v) is 13.9. The molecule has 2 aromatic rings. The molecule has 1 saturated carbocycles. The number of methoxy groups -OCH3 is 1. The molecule has 1 heterocycles. The predicted molar refractivity (Wildman–Crippen MR) is 92.0 cm³/mol. The number of carboxylic acid groups (broad SMARTS) is 1. The summed E-state index contributed by atoms with van der Waals surface area (Å²) in [5, 5.41) is 12.3. The fourth-order valence-corrected chi connectivity index (χ4v) is 3.24. The average Bonchev–Trinajstić information content (AvgIpc) is 2.62. The number of carbonyl (C=O) groups is 2. The van der Waals surface area contributed by atoms with Gasteiger partial charge in [-0.2, -0.15) is 0 Å². The first-order valence-electron chi connectivity index (χ1n) is 8.22. The van der Waals surface area contributed by atoms with Crippen LogP contribution in [0.2, 0.25) is 0 Å². The third-order valence-electron chi connectivity index (χ3n) is 4.74. The smallest absolute Gasteiger partial charge is 0.306 e. The van der Waals surface area contributed by atoms with E-state index in [0.717, 1.165) is 0 Å². The molecule has 1 amide bonds. The molecule has 3 rings (SSSR count). The van der Waals surface area contributed by atoms with Crippen molar-refractivity contribution < 1.29 is 19.4 Å². The summed E-state index contributed by atoms with van der Waals surface area (Å²) in [6, 6.07) is 4.95. The second-order valence-corrected chi connectivity index (χ2v) is 6.30. The number of fused-ring (bicyclic) bond motifs is 1. The van der Waals surface area contributed by atoms with Crippen molar-refractivity contribution in [2.24, 2.45) is 5.92 Å². The molecule has 132 valence electrons. The van der Waals surface area contributed by atoms with Crippen molar-refractivity contribution in [3.05, 3.63) is 40.2 Å². The Morgan fingerprint density at radius 2 is 1.96 bits per heavy atom. The monoisotopic (exact) mass is 344 g/mol. The number of ether oxygens (including phenoxy) is 1. The van der Waals surface area contributed by atoms with Crippen molar-refractivity contribution in [1.29, 1.82) is 0 Å². The molecule has 0 radical (unpaired) electrons. The van der Waals surface area contributed by atoms with Crippen molar-refractivity contribution in [2.45, 2.75) is 31.7 Å². The number of aromatic nitrogens is 1. The maximum atomic E-state index is 12.6. The first kappa shape index (κ1) is 17.0. The summed E-state index contributed by atoms with van der Waals surface area (Å²) in [5.74, 6) is -1.03. The lowest BCUT2D eigenvalue weighted by atomic mass is 9.86. The Morgan fingerprint density at radius 1 is 1.24 bits per heavy atom. The minimum Gasteiger partial charge on any atom is -0.497 e. The van der Waals surface area contributed by atoms with Crippen LogP contribution >= 0.6 is 0 Å². The number of carboxylic acids is 1. The third-order valence-corrected chi connectivity index (χ3v) is 4.74. The highest BCUT2D eigenvalue weighted by Crippen LogP contribution is 2.24. The molecule has 0 spiro atoms. The van der Waals surface area contributed by atoms with E-state index in [-0.39, 0.29) is 23.0 Å². The second kappa shape index (κ2) is 6.96. The van der Waals surface area contributed by atoms with E-state index in [1.54, 1.807) is 18.2 Å². The first-order chi connectivity index (χ1) is 12.0. The maximum Gasteiger partial charge on any atom is 0.306 e. The van der Waals surface area contributed by atoms with Gasteiger partial charge in [-0.15, -0.1) is 0 Å². The lowest BCUT2D eigenvalue weighted by Crippen LogP contribution is -2.40.